The Hall–Kier alpha value is -2.61. The van der Waals surface area contributed by atoms with Gasteiger partial charge in [-0.15, -0.1) is 0 Å². The number of hydrogen-bond donors (Lipinski definition) is 1. The quantitative estimate of drug-likeness (QED) is 0.514. The van der Waals surface area contributed by atoms with Crippen LogP contribution in [-0.2, 0) is 4.79 Å². The van der Waals surface area contributed by atoms with Gasteiger partial charge in [0.25, 0.3) is 5.56 Å². The molecule has 2 unspecified atom stereocenters. The Kier molecular flexibility index (Phi) is 5.33. The molecule has 30 heavy (non-hydrogen) atoms. The van der Waals surface area contributed by atoms with Crippen LogP contribution in [0.25, 0.3) is 16.7 Å². The van der Waals surface area contributed by atoms with Crippen molar-refractivity contribution >= 4 is 28.7 Å². The second kappa shape index (κ2) is 8.26. The number of carbonyl (C=O) groups excluding carboxylic acids is 1. The van der Waals surface area contributed by atoms with Crippen molar-refractivity contribution in [3.05, 3.63) is 46.9 Å². The van der Waals surface area contributed by atoms with Crippen molar-refractivity contribution in [3.63, 3.8) is 0 Å². The molecule has 1 aliphatic heterocycles. The number of aromatic amines is 1. The molecule has 1 aliphatic carbocycles. The molecule has 3 heterocycles. The number of H-pyrrole nitrogens is 1. The van der Waals surface area contributed by atoms with E-state index in [0.717, 1.165) is 25.1 Å². The minimum atomic E-state index is -0.234. The predicted octanol–water partition coefficient (Wildman–Crippen LogP) is 3.38. The number of thioether (sulfide) groups is 1. The number of nitrogens with one attached hydrogen (secondary N) is 1. The third kappa shape index (κ3) is 3.64. The van der Waals surface area contributed by atoms with Crippen molar-refractivity contribution in [2.75, 3.05) is 12.3 Å². The molecule has 1 saturated heterocycles. The summed E-state index contributed by atoms with van der Waals surface area (Å²) in [4.78, 5) is 35.0. The number of nitrogens with zero attached hydrogens (tertiary/aromatic N) is 4. The minimum Gasteiger partial charge on any atom is -0.339 e. The van der Waals surface area contributed by atoms with E-state index in [4.69, 9.17) is 0 Å². The van der Waals surface area contributed by atoms with E-state index in [-0.39, 0.29) is 17.2 Å². The van der Waals surface area contributed by atoms with Crippen molar-refractivity contribution in [1.29, 1.82) is 0 Å². The summed E-state index contributed by atoms with van der Waals surface area (Å²) in [6, 6.07) is 10.0. The molecule has 7 nitrogen and oxygen atoms in total. The van der Waals surface area contributed by atoms with Gasteiger partial charge in [0.2, 0.25) is 5.91 Å². The smallest absolute Gasteiger partial charge is 0.262 e. The SMILES string of the molecule is O=C(CSc1nc2c(cnn2-c2ccccc2)c(=O)[nH]1)N1CCCC2CCCCC21. The molecule has 156 valence electrons. The third-order valence-corrected chi connectivity index (χ3v) is 7.17. The summed E-state index contributed by atoms with van der Waals surface area (Å²) in [6.07, 6.45) is 8.75. The van der Waals surface area contributed by atoms with E-state index in [2.05, 4.69) is 20.0 Å². The fourth-order valence-electron chi connectivity index (χ4n) is 4.87. The van der Waals surface area contributed by atoms with Crippen molar-refractivity contribution in [2.24, 2.45) is 5.92 Å². The maximum Gasteiger partial charge on any atom is 0.262 e. The average Bonchev–Trinajstić information content (AvgIpc) is 3.22. The number of hydrogen-bond acceptors (Lipinski definition) is 5. The molecular formula is C22H25N5O2S. The lowest BCUT2D eigenvalue weighted by Gasteiger charge is -2.44. The molecular weight excluding hydrogens is 398 g/mol. The molecule has 2 aromatic heterocycles. The highest BCUT2D eigenvalue weighted by Gasteiger charge is 2.35. The lowest BCUT2D eigenvalue weighted by Crippen LogP contribution is -2.50. The Balaban J connectivity index is 1.35. The van der Waals surface area contributed by atoms with E-state index < -0.39 is 0 Å². The average molecular weight is 424 g/mol. The molecule has 8 heteroatoms. The van der Waals surface area contributed by atoms with Crippen LogP contribution in [-0.4, -0.2) is 48.9 Å². The van der Waals surface area contributed by atoms with E-state index in [1.54, 1.807) is 4.68 Å². The molecule has 1 aromatic carbocycles. The second-order valence-corrected chi connectivity index (χ2v) is 9.09. The molecule has 0 spiro atoms. The zero-order valence-electron chi connectivity index (χ0n) is 16.8. The van der Waals surface area contributed by atoms with Gasteiger partial charge in [-0.25, -0.2) is 9.67 Å². The van der Waals surface area contributed by atoms with Crippen LogP contribution >= 0.6 is 11.8 Å². The molecule has 2 fully saturated rings. The van der Waals surface area contributed by atoms with Gasteiger partial charge in [0, 0.05) is 12.6 Å². The fraction of sp³-hybridized carbons (Fsp3) is 0.455. The highest BCUT2D eigenvalue weighted by Crippen LogP contribution is 2.35. The van der Waals surface area contributed by atoms with Crippen LogP contribution in [0.15, 0.2) is 46.5 Å². The summed E-state index contributed by atoms with van der Waals surface area (Å²) >= 11 is 1.30. The molecule has 1 N–H and O–H groups in total. The van der Waals surface area contributed by atoms with E-state index >= 15 is 0 Å². The standard InChI is InChI=1S/C22H25N5O2S/c28-19(26-12-6-8-15-7-4-5-11-18(15)26)14-30-22-24-20-17(21(29)25-22)13-23-27(20)16-9-2-1-3-10-16/h1-3,9-10,13,15,18H,4-8,11-12,14H2,(H,24,25,29). The van der Waals surface area contributed by atoms with Gasteiger partial charge in [0.1, 0.15) is 5.39 Å². The van der Waals surface area contributed by atoms with Crippen LogP contribution in [0.4, 0.5) is 0 Å². The van der Waals surface area contributed by atoms with Gasteiger partial charge < -0.3 is 9.88 Å². The van der Waals surface area contributed by atoms with Gasteiger partial charge in [-0.05, 0) is 43.7 Å². The fourth-order valence-corrected chi connectivity index (χ4v) is 5.61. The van der Waals surface area contributed by atoms with Crippen LogP contribution in [0.5, 0.6) is 0 Å². The Bertz CT molecular complexity index is 1110. The number of para-hydroxylation sites is 1. The zero-order chi connectivity index (χ0) is 20.5. The number of aromatic nitrogens is 4. The van der Waals surface area contributed by atoms with Gasteiger partial charge in [-0.2, -0.15) is 5.10 Å². The van der Waals surface area contributed by atoms with Crippen molar-refractivity contribution in [1.82, 2.24) is 24.6 Å². The summed E-state index contributed by atoms with van der Waals surface area (Å²) in [7, 11) is 0. The lowest BCUT2D eigenvalue weighted by molar-refractivity contribution is -0.134. The topological polar surface area (TPSA) is 83.9 Å². The first-order valence-electron chi connectivity index (χ1n) is 10.7. The van der Waals surface area contributed by atoms with Crippen LogP contribution in [0.3, 0.4) is 0 Å². The Morgan fingerprint density at radius 1 is 1.13 bits per heavy atom. The molecule has 0 radical (unpaired) electrons. The first-order chi connectivity index (χ1) is 14.7. The van der Waals surface area contributed by atoms with Crippen LogP contribution in [0.1, 0.15) is 38.5 Å². The van der Waals surface area contributed by atoms with E-state index in [1.165, 1.54) is 43.6 Å². The Morgan fingerprint density at radius 2 is 1.93 bits per heavy atom. The molecule has 2 aliphatic rings. The Labute approximate surface area is 178 Å². The van der Waals surface area contributed by atoms with E-state index in [9.17, 15) is 9.59 Å². The molecule has 1 amide bonds. The van der Waals surface area contributed by atoms with Crippen LogP contribution < -0.4 is 5.56 Å². The van der Waals surface area contributed by atoms with E-state index in [1.807, 2.05) is 30.3 Å². The summed E-state index contributed by atoms with van der Waals surface area (Å²) in [5, 5.41) is 5.23. The summed E-state index contributed by atoms with van der Waals surface area (Å²) in [6.45, 7) is 0.852. The Morgan fingerprint density at radius 3 is 2.80 bits per heavy atom. The van der Waals surface area contributed by atoms with Crippen molar-refractivity contribution in [2.45, 2.75) is 49.7 Å². The summed E-state index contributed by atoms with van der Waals surface area (Å²) in [5.74, 6) is 1.10. The maximum atomic E-state index is 13.0. The molecule has 5 rings (SSSR count). The number of fused-ring (bicyclic) bond motifs is 2. The largest absolute Gasteiger partial charge is 0.339 e. The first-order valence-corrected chi connectivity index (χ1v) is 11.6. The highest BCUT2D eigenvalue weighted by molar-refractivity contribution is 7.99. The number of likely N-dealkylation sites (tertiary alicyclic amines) is 1. The second-order valence-electron chi connectivity index (χ2n) is 8.13. The summed E-state index contributed by atoms with van der Waals surface area (Å²) < 4.78 is 1.66. The third-order valence-electron chi connectivity index (χ3n) is 6.31. The molecule has 0 bridgehead atoms. The van der Waals surface area contributed by atoms with Crippen molar-refractivity contribution < 1.29 is 4.79 Å². The molecule has 3 aromatic rings. The van der Waals surface area contributed by atoms with Gasteiger partial charge in [0.15, 0.2) is 10.8 Å². The number of rotatable bonds is 4. The summed E-state index contributed by atoms with van der Waals surface area (Å²) in [5.41, 5.74) is 1.11. The maximum absolute atomic E-state index is 13.0. The molecule has 1 saturated carbocycles. The van der Waals surface area contributed by atoms with Crippen LogP contribution in [0, 0.1) is 5.92 Å². The van der Waals surface area contributed by atoms with E-state index in [0.29, 0.717) is 28.1 Å². The number of amides is 1. The van der Waals surface area contributed by atoms with Gasteiger partial charge in [-0.3, -0.25) is 9.59 Å². The first kappa shape index (κ1) is 19.4. The lowest BCUT2D eigenvalue weighted by atomic mass is 9.78. The number of benzene rings is 1. The molecule has 2 atom stereocenters. The number of piperidine rings is 1. The minimum absolute atomic E-state index is 0.149. The highest BCUT2D eigenvalue weighted by atomic mass is 32.2. The van der Waals surface area contributed by atoms with Crippen molar-refractivity contribution in [3.8, 4) is 5.69 Å². The van der Waals surface area contributed by atoms with Crippen LogP contribution in [0.2, 0.25) is 0 Å². The van der Waals surface area contributed by atoms with Gasteiger partial charge in [0.05, 0.1) is 17.6 Å². The van der Waals surface area contributed by atoms with Gasteiger partial charge >= 0.3 is 0 Å². The predicted molar refractivity (Wildman–Crippen MR) is 117 cm³/mol. The normalized spacial score (nSPS) is 21.5. The monoisotopic (exact) mass is 423 g/mol. The number of carbonyl (C=O) groups is 1. The zero-order valence-corrected chi connectivity index (χ0v) is 17.6. The van der Waals surface area contributed by atoms with Gasteiger partial charge in [-0.1, -0.05) is 42.8 Å².